The fraction of sp³-hybridized carbons (Fsp3) is 0. The van der Waals surface area contributed by atoms with E-state index in [1.54, 1.807) is 11.4 Å². The SMILES string of the molecule is Clc1csc(-c2noc(Cl)n2)c1. The number of hydrogen-bond acceptors (Lipinski definition) is 4. The van der Waals surface area contributed by atoms with Crippen LogP contribution in [0.1, 0.15) is 0 Å². The highest BCUT2D eigenvalue weighted by molar-refractivity contribution is 7.14. The van der Waals surface area contributed by atoms with E-state index < -0.39 is 0 Å². The first-order valence-electron chi connectivity index (χ1n) is 2.99. The van der Waals surface area contributed by atoms with Gasteiger partial charge in [0.2, 0.25) is 5.82 Å². The molecule has 0 aliphatic carbocycles. The van der Waals surface area contributed by atoms with E-state index in [-0.39, 0.29) is 5.35 Å². The van der Waals surface area contributed by atoms with Gasteiger partial charge in [-0.05, 0) is 17.7 Å². The molecule has 0 amide bonds. The molecule has 2 rings (SSSR count). The molecule has 2 heterocycles. The van der Waals surface area contributed by atoms with Gasteiger partial charge in [0.05, 0.1) is 9.90 Å². The lowest BCUT2D eigenvalue weighted by molar-refractivity contribution is 0.421. The summed E-state index contributed by atoms with van der Waals surface area (Å²) in [5.41, 5.74) is 0. The van der Waals surface area contributed by atoms with Crippen LogP contribution >= 0.6 is 34.5 Å². The van der Waals surface area contributed by atoms with Crippen LogP contribution in [0.4, 0.5) is 0 Å². The van der Waals surface area contributed by atoms with Gasteiger partial charge in [0.25, 0.3) is 0 Å². The van der Waals surface area contributed by atoms with Gasteiger partial charge < -0.3 is 4.52 Å². The second-order valence-corrected chi connectivity index (χ2v) is 3.67. The van der Waals surface area contributed by atoms with E-state index in [9.17, 15) is 0 Å². The Labute approximate surface area is 81.9 Å². The second kappa shape index (κ2) is 3.05. The summed E-state index contributed by atoms with van der Waals surface area (Å²) in [6.07, 6.45) is 0. The fourth-order valence-electron chi connectivity index (χ4n) is 0.735. The van der Waals surface area contributed by atoms with Crippen molar-refractivity contribution in [2.75, 3.05) is 0 Å². The highest BCUT2D eigenvalue weighted by Gasteiger charge is 2.08. The quantitative estimate of drug-likeness (QED) is 0.742. The summed E-state index contributed by atoms with van der Waals surface area (Å²) in [5, 5.41) is 6.13. The fourth-order valence-corrected chi connectivity index (χ4v) is 1.85. The molecule has 2 aromatic rings. The predicted octanol–water partition coefficient (Wildman–Crippen LogP) is 3.10. The number of nitrogens with zero attached hydrogens (tertiary/aromatic N) is 2. The third kappa shape index (κ3) is 1.46. The van der Waals surface area contributed by atoms with Crippen LogP contribution in [-0.2, 0) is 0 Å². The van der Waals surface area contributed by atoms with Gasteiger partial charge in [-0.25, -0.2) is 0 Å². The molecular weight excluding hydrogens is 219 g/mol. The van der Waals surface area contributed by atoms with Crippen molar-refractivity contribution in [1.82, 2.24) is 10.1 Å². The number of thiophene rings is 1. The van der Waals surface area contributed by atoms with Gasteiger partial charge in [-0.1, -0.05) is 16.8 Å². The molecule has 0 saturated carbocycles. The summed E-state index contributed by atoms with van der Waals surface area (Å²) < 4.78 is 4.60. The lowest BCUT2D eigenvalue weighted by atomic mass is 10.4. The molecule has 0 radical (unpaired) electrons. The van der Waals surface area contributed by atoms with Crippen molar-refractivity contribution in [2.24, 2.45) is 0 Å². The number of halogens is 2. The van der Waals surface area contributed by atoms with Crippen molar-refractivity contribution in [1.29, 1.82) is 0 Å². The van der Waals surface area contributed by atoms with Crippen LogP contribution in [0.3, 0.4) is 0 Å². The Morgan fingerprint density at radius 1 is 1.42 bits per heavy atom. The summed E-state index contributed by atoms with van der Waals surface area (Å²) in [6, 6.07) is 1.76. The monoisotopic (exact) mass is 220 g/mol. The molecule has 62 valence electrons. The van der Waals surface area contributed by atoms with Gasteiger partial charge >= 0.3 is 5.35 Å². The minimum absolute atomic E-state index is 0.0366. The molecule has 0 unspecified atom stereocenters. The molecule has 2 aromatic heterocycles. The second-order valence-electron chi connectivity index (χ2n) is 2.00. The van der Waals surface area contributed by atoms with Gasteiger partial charge in [0.1, 0.15) is 0 Å². The van der Waals surface area contributed by atoms with Crippen LogP contribution < -0.4 is 0 Å². The van der Waals surface area contributed by atoms with Crippen LogP contribution in [0.25, 0.3) is 10.7 Å². The zero-order valence-electron chi connectivity index (χ0n) is 5.62. The van der Waals surface area contributed by atoms with Crippen molar-refractivity contribution in [3.05, 3.63) is 21.8 Å². The van der Waals surface area contributed by atoms with Crippen LogP contribution in [0, 0.1) is 0 Å². The largest absolute Gasteiger partial charge is 0.321 e. The zero-order valence-corrected chi connectivity index (χ0v) is 7.95. The van der Waals surface area contributed by atoms with Gasteiger partial charge in [0, 0.05) is 5.38 Å². The average molecular weight is 221 g/mol. The first-order chi connectivity index (χ1) is 5.75. The Morgan fingerprint density at radius 2 is 2.25 bits per heavy atom. The number of aromatic nitrogens is 2. The molecule has 0 spiro atoms. The number of hydrogen-bond donors (Lipinski definition) is 0. The van der Waals surface area contributed by atoms with E-state index in [1.165, 1.54) is 11.3 Å². The Bertz CT molecular complexity index is 359. The summed E-state index contributed by atoms with van der Waals surface area (Å²) in [4.78, 5) is 4.68. The maximum absolute atomic E-state index is 5.71. The molecule has 0 atom stereocenters. The van der Waals surface area contributed by atoms with Crippen LogP contribution in [0.2, 0.25) is 10.4 Å². The first-order valence-corrected chi connectivity index (χ1v) is 4.63. The van der Waals surface area contributed by atoms with Gasteiger partial charge in [-0.15, -0.1) is 11.3 Å². The Morgan fingerprint density at radius 3 is 2.75 bits per heavy atom. The van der Waals surface area contributed by atoms with Gasteiger partial charge in [-0.2, -0.15) is 4.98 Å². The van der Waals surface area contributed by atoms with E-state index in [0.29, 0.717) is 10.8 Å². The molecular formula is C6H2Cl2N2OS. The summed E-state index contributed by atoms with van der Waals surface area (Å²) in [5.74, 6) is 0.469. The van der Waals surface area contributed by atoms with E-state index in [1.807, 2.05) is 0 Å². The maximum Gasteiger partial charge on any atom is 0.320 e. The summed E-state index contributed by atoms with van der Waals surface area (Å²) in [7, 11) is 0. The highest BCUT2D eigenvalue weighted by atomic mass is 35.5. The predicted molar refractivity (Wildman–Crippen MR) is 47.6 cm³/mol. The first kappa shape index (κ1) is 8.04. The molecule has 0 N–H and O–H groups in total. The van der Waals surface area contributed by atoms with Crippen molar-refractivity contribution < 1.29 is 4.52 Å². The summed E-state index contributed by atoms with van der Waals surface area (Å²) >= 11 is 12.6. The molecule has 3 nitrogen and oxygen atoms in total. The molecule has 0 aliphatic rings. The van der Waals surface area contributed by atoms with E-state index >= 15 is 0 Å². The molecule has 12 heavy (non-hydrogen) atoms. The average Bonchev–Trinajstić information content (AvgIpc) is 2.58. The lowest BCUT2D eigenvalue weighted by Gasteiger charge is -1.80. The van der Waals surface area contributed by atoms with E-state index in [4.69, 9.17) is 23.2 Å². The van der Waals surface area contributed by atoms with Crippen molar-refractivity contribution in [3.8, 4) is 10.7 Å². The van der Waals surface area contributed by atoms with Gasteiger partial charge in [-0.3, -0.25) is 0 Å². The molecule has 0 aliphatic heterocycles. The lowest BCUT2D eigenvalue weighted by Crippen LogP contribution is -1.72. The number of rotatable bonds is 1. The third-order valence-electron chi connectivity index (χ3n) is 1.19. The van der Waals surface area contributed by atoms with Crippen LogP contribution in [-0.4, -0.2) is 10.1 Å². The normalized spacial score (nSPS) is 10.5. The van der Waals surface area contributed by atoms with Crippen molar-refractivity contribution in [3.63, 3.8) is 0 Å². The van der Waals surface area contributed by atoms with Crippen molar-refractivity contribution in [2.45, 2.75) is 0 Å². The molecule has 0 bridgehead atoms. The zero-order chi connectivity index (χ0) is 8.55. The molecule has 6 heteroatoms. The molecule has 0 saturated heterocycles. The van der Waals surface area contributed by atoms with Crippen LogP contribution in [0.15, 0.2) is 16.0 Å². The smallest absolute Gasteiger partial charge is 0.320 e. The van der Waals surface area contributed by atoms with Gasteiger partial charge in [0.15, 0.2) is 0 Å². The maximum atomic E-state index is 5.71. The third-order valence-corrected chi connectivity index (χ3v) is 2.62. The minimum atomic E-state index is 0.0366. The van der Waals surface area contributed by atoms with E-state index in [0.717, 1.165) is 4.88 Å². The standard InChI is InChI=1S/C6H2Cl2N2OS/c7-3-1-4(12-2-3)5-9-6(8)11-10-5/h1-2H. The Kier molecular flexibility index (Phi) is 2.04. The molecule has 0 aromatic carbocycles. The molecule has 0 fully saturated rings. The van der Waals surface area contributed by atoms with Crippen LogP contribution in [0.5, 0.6) is 0 Å². The summed E-state index contributed by atoms with van der Waals surface area (Å²) in [6.45, 7) is 0. The topological polar surface area (TPSA) is 38.9 Å². The minimum Gasteiger partial charge on any atom is -0.321 e. The Hall–Kier alpha value is -0.580. The van der Waals surface area contributed by atoms with Crippen molar-refractivity contribution >= 4 is 34.5 Å². The van der Waals surface area contributed by atoms with E-state index in [2.05, 4.69) is 14.7 Å². The highest BCUT2D eigenvalue weighted by Crippen LogP contribution is 2.27. The Balaban J connectivity index is 2.43.